The number of furan rings is 1. The van der Waals surface area contributed by atoms with Crippen LogP contribution in [0.5, 0.6) is 0 Å². The van der Waals surface area contributed by atoms with Gasteiger partial charge >= 0.3 is 12.1 Å². The molecular weight excluding hydrogens is 495 g/mol. The van der Waals surface area contributed by atoms with E-state index >= 15 is 0 Å². The zero-order valence-corrected chi connectivity index (χ0v) is 19.9. The molecule has 0 bridgehead atoms. The van der Waals surface area contributed by atoms with Gasteiger partial charge < -0.3 is 9.52 Å². The van der Waals surface area contributed by atoms with E-state index in [0.29, 0.717) is 5.39 Å². The first-order chi connectivity index (χ1) is 17.0. The van der Waals surface area contributed by atoms with E-state index in [4.69, 9.17) is 4.42 Å². The number of aromatic carboxylic acids is 1. The van der Waals surface area contributed by atoms with E-state index in [1.807, 2.05) is 18.2 Å². The van der Waals surface area contributed by atoms with Crippen LogP contribution < -0.4 is 0 Å². The normalized spacial score (nSPS) is 12.4. The molecule has 0 saturated heterocycles. The summed E-state index contributed by atoms with van der Waals surface area (Å²) in [6.07, 6.45) is -4.37. The monoisotopic (exact) mass is 517 g/mol. The highest BCUT2D eigenvalue weighted by atomic mass is 32.2. The smallest absolute Gasteiger partial charge is 0.416 e. The number of carboxylic acid groups (broad SMARTS) is 1. The average molecular weight is 518 g/mol. The summed E-state index contributed by atoms with van der Waals surface area (Å²) in [6, 6.07) is 17.8. The van der Waals surface area contributed by atoms with Gasteiger partial charge in [-0.1, -0.05) is 48.5 Å². The van der Waals surface area contributed by atoms with E-state index in [1.165, 1.54) is 43.3 Å². The molecule has 0 atom stereocenters. The van der Waals surface area contributed by atoms with E-state index in [1.54, 1.807) is 12.1 Å². The third-order valence-electron chi connectivity index (χ3n) is 5.90. The Labute approximate surface area is 205 Å². The number of aryl methyl sites for hydroxylation is 1. The van der Waals surface area contributed by atoms with Gasteiger partial charge in [-0.15, -0.1) is 0 Å². The Balaban J connectivity index is 1.76. The molecule has 0 fully saturated rings. The van der Waals surface area contributed by atoms with Gasteiger partial charge in [0.15, 0.2) is 0 Å². The first-order valence-corrected chi connectivity index (χ1v) is 12.4. The summed E-state index contributed by atoms with van der Waals surface area (Å²) >= 11 is 0. The summed E-state index contributed by atoms with van der Waals surface area (Å²) in [5.74, 6) is -1.60. The summed E-state index contributed by atoms with van der Waals surface area (Å²) < 4.78 is 74.6. The van der Waals surface area contributed by atoms with Crippen LogP contribution in [0, 0.1) is 6.92 Å². The summed E-state index contributed by atoms with van der Waals surface area (Å²) in [5, 5.41) is 9.60. The zero-order chi connectivity index (χ0) is 26.1. The number of nitrogens with zero attached hydrogens (tertiary/aromatic N) is 1. The highest BCUT2D eigenvalue weighted by molar-refractivity contribution is 7.89. The molecule has 0 aliphatic carbocycles. The maximum absolute atomic E-state index is 13.7. The van der Waals surface area contributed by atoms with Crippen LogP contribution >= 0.6 is 0 Å². The highest BCUT2D eigenvalue weighted by Crippen LogP contribution is 2.34. The Morgan fingerprint density at radius 2 is 1.67 bits per heavy atom. The van der Waals surface area contributed by atoms with E-state index in [2.05, 4.69) is 0 Å². The molecule has 4 rings (SSSR count). The molecule has 10 heteroatoms. The standard InChI is InChI=1S/C26H22F3NO5S/c1-17-21-15-20(11-12-23(21)35-24(17)25(31)32)36(33,34)30(14-13-18-7-3-2-4-8-18)16-19-9-5-6-10-22(19)26(27,28)29/h2-12,15H,13-14,16H2,1H3,(H,31,32). The second-order valence-electron chi connectivity index (χ2n) is 8.25. The molecule has 1 heterocycles. The Bertz CT molecular complexity index is 1510. The largest absolute Gasteiger partial charge is 0.475 e. The number of halogens is 3. The third kappa shape index (κ3) is 5.14. The van der Waals surface area contributed by atoms with Crippen molar-refractivity contribution < 1.29 is 35.9 Å². The maximum Gasteiger partial charge on any atom is 0.416 e. The minimum atomic E-state index is -4.65. The van der Waals surface area contributed by atoms with Crippen LogP contribution in [0.2, 0.25) is 0 Å². The van der Waals surface area contributed by atoms with Crippen LogP contribution in [-0.4, -0.2) is 30.3 Å². The Hall–Kier alpha value is -3.63. The fourth-order valence-electron chi connectivity index (χ4n) is 4.02. The van der Waals surface area contributed by atoms with Crippen LogP contribution in [0.25, 0.3) is 11.0 Å². The third-order valence-corrected chi connectivity index (χ3v) is 7.74. The number of carbonyl (C=O) groups is 1. The van der Waals surface area contributed by atoms with Crippen LogP contribution in [0.3, 0.4) is 0 Å². The van der Waals surface area contributed by atoms with E-state index in [9.17, 15) is 31.5 Å². The lowest BCUT2D eigenvalue weighted by molar-refractivity contribution is -0.138. The number of fused-ring (bicyclic) bond motifs is 1. The molecule has 4 aromatic rings. The molecule has 188 valence electrons. The predicted octanol–water partition coefficient (Wildman–Crippen LogP) is 5.89. The molecule has 0 radical (unpaired) electrons. The van der Waals surface area contributed by atoms with Crippen molar-refractivity contribution in [1.82, 2.24) is 4.31 Å². The van der Waals surface area contributed by atoms with Crippen molar-refractivity contribution in [2.75, 3.05) is 6.54 Å². The molecule has 0 unspecified atom stereocenters. The van der Waals surface area contributed by atoms with Gasteiger partial charge in [0, 0.05) is 24.0 Å². The van der Waals surface area contributed by atoms with Gasteiger partial charge in [-0.05, 0) is 48.7 Å². The van der Waals surface area contributed by atoms with Gasteiger partial charge in [0.25, 0.3) is 0 Å². The molecule has 0 aliphatic heterocycles. The van der Waals surface area contributed by atoms with Gasteiger partial charge in [-0.3, -0.25) is 0 Å². The summed E-state index contributed by atoms with van der Waals surface area (Å²) in [7, 11) is -4.27. The van der Waals surface area contributed by atoms with Crippen molar-refractivity contribution >= 4 is 27.0 Å². The number of rotatable bonds is 8. The summed E-state index contributed by atoms with van der Waals surface area (Å²) in [5.41, 5.74) is 0.205. The first-order valence-electron chi connectivity index (χ1n) is 10.9. The van der Waals surface area contributed by atoms with Gasteiger partial charge in [-0.2, -0.15) is 17.5 Å². The van der Waals surface area contributed by atoms with Crippen molar-refractivity contribution in [3.05, 3.63) is 101 Å². The number of sulfonamides is 1. The van der Waals surface area contributed by atoms with Crippen LogP contribution in [0.15, 0.2) is 82.1 Å². The van der Waals surface area contributed by atoms with Crippen molar-refractivity contribution in [3.8, 4) is 0 Å². The SMILES string of the molecule is Cc1c(C(=O)O)oc2ccc(S(=O)(=O)N(CCc3ccccc3)Cc3ccccc3C(F)(F)F)cc12. The minimum absolute atomic E-state index is 0.0681. The molecule has 0 saturated carbocycles. The number of hydrogen-bond acceptors (Lipinski definition) is 4. The van der Waals surface area contributed by atoms with Gasteiger partial charge in [0.1, 0.15) is 5.58 Å². The molecule has 1 N–H and O–H groups in total. The molecule has 1 aromatic heterocycles. The van der Waals surface area contributed by atoms with E-state index in [0.717, 1.165) is 15.9 Å². The maximum atomic E-state index is 13.7. The Kier molecular flexibility index (Phi) is 6.92. The van der Waals surface area contributed by atoms with E-state index < -0.39 is 34.3 Å². The number of hydrogen-bond donors (Lipinski definition) is 1. The molecule has 6 nitrogen and oxygen atoms in total. The average Bonchev–Trinajstić information content (AvgIpc) is 3.18. The lowest BCUT2D eigenvalue weighted by Crippen LogP contribution is -2.33. The lowest BCUT2D eigenvalue weighted by atomic mass is 10.1. The van der Waals surface area contributed by atoms with Crippen LogP contribution in [0.4, 0.5) is 13.2 Å². The Morgan fingerprint density at radius 3 is 2.33 bits per heavy atom. The molecule has 0 amide bonds. The fourth-order valence-corrected chi connectivity index (χ4v) is 5.47. The van der Waals surface area contributed by atoms with Crippen molar-refractivity contribution in [1.29, 1.82) is 0 Å². The predicted molar refractivity (Wildman–Crippen MR) is 127 cm³/mol. The second kappa shape index (κ2) is 9.79. The topological polar surface area (TPSA) is 87.8 Å². The van der Waals surface area contributed by atoms with Crippen LogP contribution in [-0.2, 0) is 29.2 Å². The molecule has 0 aliphatic rings. The van der Waals surface area contributed by atoms with E-state index in [-0.39, 0.29) is 40.3 Å². The van der Waals surface area contributed by atoms with Crippen molar-refractivity contribution in [2.45, 2.75) is 31.0 Å². The fraction of sp³-hybridized carbons (Fsp3) is 0.192. The molecule has 0 spiro atoms. The first kappa shape index (κ1) is 25.5. The summed E-state index contributed by atoms with van der Waals surface area (Å²) in [6.45, 7) is 0.938. The number of benzene rings is 3. The zero-order valence-electron chi connectivity index (χ0n) is 19.1. The van der Waals surface area contributed by atoms with Gasteiger partial charge in [0.05, 0.1) is 10.5 Å². The lowest BCUT2D eigenvalue weighted by Gasteiger charge is -2.24. The molecule has 3 aromatic carbocycles. The summed E-state index contributed by atoms with van der Waals surface area (Å²) in [4.78, 5) is 11.2. The second-order valence-corrected chi connectivity index (χ2v) is 10.2. The Morgan fingerprint density at radius 1 is 1.00 bits per heavy atom. The quantitative estimate of drug-likeness (QED) is 0.315. The van der Waals surface area contributed by atoms with Crippen molar-refractivity contribution in [2.24, 2.45) is 0 Å². The van der Waals surface area contributed by atoms with Crippen LogP contribution in [0.1, 0.15) is 32.8 Å². The highest BCUT2D eigenvalue weighted by Gasteiger charge is 2.35. The van der Waals surface area contributed by atoms with Gasteiger partial charge in [0.2, 0.25) is 15.8 Å². The molecular formula is C26H22F3NO5S. The number of alkyl halides is 3. The minimum Gasteiger partial charge on any atom is -0.475 e. The number of carboxylic acids is 1. The van der Waals surface area contributed by atoms with Crippen molar-refractivity contribution in [3.63, 3.8) is 0 Å². The van der Waals surface area contributed by atoms with Gasteiger partial charge in [-0.25, -0.2) is 13.2 Å². The molecule has 36 heavy (non-hydrogen) atoms.